The van der Waals surface area contributed by atoms with Crippen molar-refractivity contribution in [3.63, 3.8) is 0 Å². The Morgan fingerprint density at radius 2 is 2.05 bits per heavy atom. The molecule has 1 N–H and O–H groups in total. The maximum Gasteiger partial charge on any atom is 0.284 e. The number of hydrogen-bond donors (Lipinski definition) is 1. The lowest BCUT2D eigenvalue weighted by atomic mass is 10.0. The third kappa shape index (κ3) is 1.74. The number of benzene rings is 1. The molecule has 2 aromatic rings. The van der Waals surface area contributed by atoms with Gasteiger partial charge < -0.3 is 5.32 Å². The molecule has 21 heavy (non-hydrogen) atoms. The van der Waals surface area contributed by atoms with Crippen molar-refractivity contribution in [3.05, 3.63) is 53.3 Å². The summed E-state index contributed by atoms with van der Waals surface area (Å²) in [7, 11) is 0. The van der Waals surface area contributed by atoms with Crippen molar-refractivity contribution < 1.29 is 9.59 Å². The number of pyridine rings is 1. The van der Waals surface area contributed by atoms with Crippen molar-refractivity contribution in [2.24, 2.45) is 0 Å². The molecule has 4 rings (SSSR count). The number of hydrogen-bond acceptors (Lipinski definition) is 4. The third-order valence-electron chi connectivity index (χ3n) is 3.94. The fraction of sp³-hybridized carbons (Fsp3) is 0.188. The first-order chi connectivity index (χ1) is 10.3. The Balaban J connectivity index is 1.78. The van der Waals surface area contributed by atoms with E-state index in [1.807, 2.05) is 18.2 Å². The highest BCUT2D eigenvalue weighted by Gasteiger charge is 2.37. The van der Waals surface area contributed by atoms with Gasteiger partial charge in [-0.1, -0.05) is 6.07 Å². The number of fused-ring (bicyclic) bond motifs is 2. The number of nitrogens with zero attached hydrogens (tertiary/aromatic N) is 2. The Hall–Kier alpha value is -2.69. The number of rotatable bonds is 1. The predicted molar refractivity (Wildman–Crippen MR) is 78.6 cm³/mol. The minimum absolute atomic E-state index is 0.230. The number of aryl methyl sites for hydroxylation is 1. The van der Waals surface area contributed by atoms with E-state index in [9.17, 15) is 9.59 Å². The molecule has 0 bridgehead atoms. The van der Waals surface area contributed by atoms with Crippen LogP contribution in [0.15, 0.2) is 36.5 Å². The largest absolute Gasteiger partial charge is 0.385 e. The lowest BCUT2D eigenvalue weighted by molar-refractivity contribution is 0.0925. The fourth-order valence-corrected chi connectivity index (χ4v) is 2.89. The molecule has 0 atom stereocenters. The lowest BCUT2D eigenvalue weighted by Gasteiger charge is -2.21. The zero-order chi connectivity index (χ0) is 14.4. The molecule has 2 amide bonds. The molecule has 0 saturated carbocycles. The van der Waals surface area contributed by atoms with Gasteiger partial charge in [-0.3, -0.25) is 14.6 Å². The van der Waals surface area contributed by atoms with E-state index in [-0.39, 0.29) is 17.5 Å². The highest BCUT2D eigenvalue weighted by atomic mass is 16.2. The van der Waals surface area contributed by atoms with Gasteiger partial charge in [0.1, 0.15) is 5.69 Å². The summed E-state index contributed by atoms with van der Waals surface area (Å²) in [5, 5.41) is 3.31. The van der Waals surface area contributed by atoms with Crippen molar-refractivity contribution in [1.29, 1.82) is 0 Å². The topological polar surface area (TPSA) is 62.3 Å². The SMILES string of the molecule is O=C1c2cccnc2C(=O)N1c1ccc2c(c1)NCCC2. The first-order valence-corrected chi connectivity index (χ1v) is 6.96. The van der Waals surface area contributed by atoms with Crippen molar-refractivity contribution in [1.82, 2.24) is 4.98 Å². The summed E-state index contributed by atoms with van der Waals surface area (Å²) in [5.41, 5.74) is 3.42. The smallest absolute Gasteiger partial charge is 0.284 e. The maximum atomic E-state index is 12.4. The second kappa shape index (κ2) is 4.41. The quantitative estimate of drug-likeness (QED) is 0.813. The van der Waals surface area contributed by atoms with E-state index in [4.69, 9.17) is 0 Å². The van der Waals surface area contributed by atoms with Crippen LogP contribution in [0.25, 0.3) is 0 Å². The van der Waals surface area contributed by atoms with Crippen LogP contribution in [0.2, 0.25) is 0 Å². The Morgan fingerprint density at radius 1 is 1.14 bits per heavy atom. The summed E-state index contributed by atoms with van der Waals surface area (Å²) in [5.74, 6) is -0.662. The second-order valence-electron chi connectivity index (χ2n) is 5.22. The van der Waals surface area contributed by atoms with Crippen molar-refractivity contribution in [2.45, 2.75) is 12.8 Å². The van der Waals surface area contributed by atoms with E-state index in [0.717, 1.165) is 25.1 Å². The van der Waals surface area contributed by atoms with Gasteiger partial charge in [0.25, 0.3) is 11.8 Å². The van der Waals surface area contributed by atoms with Gasteiger partial charge in [0, 0.05) is 18.4 Å². The van der Waals surface area contributed by atoms with Crippen molar-refractivity contribution in [2.75, 3.05) is 16.8 Å². The van der Waals surface area contributed by atoms with Gasteiger partial charge >= 0.3 is 0 Å². The Morgan fingerprint density at radius 3 is 2.90 bits per heavy atom. The summed E-state index contributed by atoms with van der Waals surface area (Å²) in [6.07, 6.45) is 3.65. The molecular weight excluding hydrogens is 266 g/mol. The van der Waals surface area contributed by atoms with E-state index in [1.165, 1.54) is 16.7 Å². The Bertz CT molecular complexity index is 735. The molecule has 3 heterocycles. The molecular formula is C16H13N3O2. The standard InChI is InChI=1S/C16H13N3O2/c20-15-12-4-2-8-18-14(12)16(21)19(15)11-6-5-10-3-1-7-17-13(10)9-11/h2,4-6,8-9,17H,1,3,7H2. The summed E-state index contributed by atoms with van der Waals surface area (Å²) >= 11 is 0. The number of imide groups is 1. The van der Waals surface area contributed by atoms with Crippen LogP contribution in [0.1, 0.15) is 32.8 Å². The second-order valence-corrected chi connectivity index (χ2v) is 5.22. The van der Waals surface area contributed by atoms with Crippen LogP contribution in [0.5, 0.6) is 0 Å². The van der Waals surface area contributed by atoms with E-state index in [0.29, 0.717) is 11.3 Å². The zero-order valence-corrected chi connectivity index (χ0v) is 11.3. The molecule has 0 radical (unpaired) electrons. The van der Waals surface area contributed by atoms with Crippen LogP contribution in [-0.2, 0) is 6.42 Å². The molecule has 1 aromatic heterocycles. The Labute approximate surface area is 121 Å². The van der Waals surface area contributed by atoms with Gasteiger partial charge in [0.05, 0.1) is 11.3 Å². The first-order valence-electron chi connectivity index (χ1n) is 6.96. The summed E-state index contributed by atoms with van der Waals surface area (Å²) in [6, 6.07) is 8.98. The van der Waals surface area contributed by atoms with Gasteiger partial charge in [-0.2, -0.15) is 0 Å². The highest BCUT2D eigenvalue weighted by Crippen LogP contribution is 2.31. The molecule has 0 saturated heterocycles. The van der Waals surface area contributed by atoms with Gasteiger partial charge in [-0.05, 0) is 42.7 Å². The van der Waals surface area contributed by atoms with Gasteiger partial charge in [0.2, 0.25) is 0 Å². The van der Waals surface area contributed by atoms with Gasteiger partial charge in [-0.15, -0.1) is 0 Å². The fourth-order valence-electron chi connectivity index (χ4n) is 2.89. The van der Waals surface area contributed by atoms with E-state index < -0.39 is 0 Å². The maximum absolute atomic E-state index is 12.4. The van der Waals surface area contributed by atoms with Crippen LogP contribution in [0.4, 0.5) is 11.4 Å². The molecule has 0 spiro atoms. The van der Waals surface area contributed by atoms with Crippen LogP contribution >= 0.6 is 0 Å². The van der Waals surface area contributed by atoms with E-state index >= 15 is 0 Å². The zero-order valence-electron chi connectivity index (χ0n) is 11.3. The summed E-state index contributed by atoms with van der Waals surface area (Å²) in [6.45, 7) is 0.917. The molecule has 0 fully saturated rings. The average Bonchev–Trinajstić information content (AvgIpc) is 2.79. The lowest BCUT2D eigenvalue weighted by Crippen LogP contribution is -2.29. The number of carbonyl (C=O) groups excluding carboxylic acids is 2. The normalized spacial score (nSPS) is 16.5. The molecule has 0 unspecified atom stereocenters. The van der Waals surface area contributed by atoms with E-state index in [1.54, 1.807) is 12.1 Å². The van der Waals surface area contributed by atoms with Crippen LogP contribution in [-0.4, -0.2) is 23.3 Å². The van der Waals surface area contributed by atoms with Crippen molar-refractivity contribution >= 4 is 23.2 Å². The van der Waals surface area contributed by atoms with Crippen LogP contribution in [0, 0.1) is 0 Å². The molecule has 5 nitrogen and oxygen atoms in total. The van der Waals surface area contributed by atoms with Crippen molar-refractivity contribution in [3.8, 4) is 0 Å². The van der Waals surface area contributed by atoms with E-state index in [2.05, 4.69) is 10.3 Å². The average molecular weight is 279 g/mol. The number of aromatic nitrogens is 1. The molecule has 1 aromatic carbocycles. The molecule has 0 aliphatic carbocycles. The monoisotopic (exact) mass is 279 g/mol. The molecule has 5 heteroatoms. The summed E-state index contributed by atoms with van der Waals surface area (Å²) < 4.78 is 0. The number of nitrogens with one attached hydrogen (secondary N) is 1. The number of anilines is 2. The minimum atomic E-state index is -0.355. The molecule has 2 aliphatic rings. The third-order valence-corrected chi connectivity index (χ3v) is 3.94. The van der Waals surface area contributed by atoms with Gasteiger partial charge in [0.15, 0.2) is 0 Å². The Kier molecular flexibility index (Phi) is 2.54. The van der Waals surface area contributed by atoms with Gasteiger partial charge in [-0.25, -0.2) is 4.90 Å². The predicted octanol–water partition coefficient (Wildman–Crippen LogP) is 2.24. The van der Waals surface area contributed by atoms with Crippen LogP contribution < -0.4 is 10.2 Å². The minimum Gasteiger partial charge on any atom is -0.385 e. The number of carbonyl (C=O) groups is 2. The molecule has 2 aliphatic heterocycles. The van der Waals surface area contributed by atoms with Crippen LogP contribution in [0.3, 0.4) is 0 Å². The highest BCUT2D eigenvalue weighted by molar-refractivity contribution is 6.33. The first kappa shape index (κ1) is 12.1. The number of amides is 2. The molecule has 104 valence electrons. The summed E-state index contributed by atoms with van der Waals surface area (Å²) in [4.78, 5) is 30.0.